The SMILES string of the molecule is O=C(c1ccc(F)c(O)c1)N1CCCC[C@H]1CCc1ccccn1. The van der Waals surface area contributed by atoms with E-state index in [1.54, 1.807) is 6.20 Å². The molecule has 1 aliphatic heterocycles. The van der Waals surface area contributed by atoms with Gasteiger partial charge >= 0.3 is 0 Å². The van der Waals surface area contributed by atoms with E-state index in [0.29, 0.717) is 12.1 Å². The molecule has 2 heterocycles. The number of aromatic hydroxyl groups is 1. The monoisotopic (exact) mass is 328 g/mol. The van der Waals surface area contributed by atoms with E-state index in [9.17, 15) is 14.3 Å². The van der Waals surface area contributed by atoms with Crippen molar-refractivity contribution >= 4 is 5.91 Å². The van der Waals surface area contributed by atoms with Gasteiger partial charge in [0.15, 0.2) is 11.6 Å². The minimum Gasteiger partial charge on any atom is -0.505 e. The number of piperidine rings is 1. The quantitative estimate of drug-likeness (QED) is 0.934. The largest absolute Gasteiger partial charge is 0.505 e. The molecule has 1 saturated heterocycles. The minimum atomic E-state index is -0.711. The summed E-state index contributed by atoms with van der Waals surface area (Å²) in [6.45, 7) is 0.698. The number of hydrogen-bond donors (Lipinski definition) is 1. The van der Waals surface area contributed by atoms with Crippen LogP contribution in [0.3, 0.4) is 0 Å². The van der Waals surface area contributed by atoms with E-state index in [1.165, 1.54) is 12.1 Å². The molecule has 0 spiro atoms. The lowest BCUT2D eigenvalue weighted by molar-refractivity contribution is 0.0601. The second-order valence-corrected chi connectivity index (χ2v) is 6.17. The lowest BCUT2D eigenvalue weighted by Crippen LogP contribution is -2.44. The van der Waals surface area contributed by atoms with Crippen LogP contribution in [0.1, 0.15) is 41.7 Å². The zero-order valence-electron chi connectivity index (χ0n) is 13.5. The molecule has 5 heteroatoms. The number of nitrogens with zero attached hydrogens (tertiary/aromatic N) is 2. The van der Waals surface area contributed by atoms with Crippen LogP contribution in [-0.2, 0) is 6.42 Å². The van der Waals surface area contributed by atoms with Crippen LogP contribution in [0.5, 0.6) is 5.75 Å². The fraction of sp³-hybridized carbons (Fsp3) is 0.368. The van der Waals surface area contributed by atoms with E-state index >= 15 is 0 Å². The molecule has 3 rings (SSSR count). The summed E-state index contributed by atoms with van der Waals surface area (Å²) in [5.74, 6) is -1.34. The van der Waals surface area contributed by atoms with Crippen molar-refractivity contribution in [1.82, 2.24) is 9.88 Å². The maximum absolute atomic E-state index is 13.2. The third-order valence-corrected chi connectivity index (χ3v) is 4.54. The van der Waals surface area contributed by atoms with Crippen LogP contribution in [0.2, 0.25) is 0 Å². The van der Waals surface area contributed by atoms with Gasteiger partial charge in [-0.15, -0.1) is 0 Å². The summed E-state index contributed by atoms with van der Waals surface area (Å²) < 4.78 is 13.2. The van der Waals surface area contributed by atoms with E-state index in [-0.39, 0.29) is 11.9 Å². The summed E-state index contributed by atoms with van der Waals surface area (Å²) >= 11 is 0. The number of carbonyl (C=O) groups excluding carboxylic acids is 1. The van der Waals surface area contributed by atoms with E-state index in [0.717, 1.165) is 43.9 Å². The van der Waals surface area contributed by atoms with E-state index < -0.39 is 11.6 Å². The molecule has 4 nitrogen and oxygen atoms in total. The summed E-state index contributed by atoms with van der Waals surface area (Å²) in [6, 6.07) is 9.78. The number of hydrogen-bond acceptors (Lipinski definition) is 3. The molecule has 0 radical (unpaired) electrons. The Morgan fingerprint density at radius 1 is 1.29 bits per heavy atom. The first kappa shape index (κ1) is 16.4. The standard InChI is InChI=1S/C19H21FN2O2/c20-17-10-7-14(13-18(17)23)19(24)22-12-4-2-6-16(22)9-8-15-5-1-3-11-21-15/h1,3,5,7,10-11,13,16,23H,2,4,6,8-9,12H2/t16-/m0/s1. The number of phenolic OH excluding ortho intramolecular Hbond substituents is 1. The van der Waals surface area contributed by atoms with Crippen LogP contribution in [0, 0.1) is 5.82 Å². The van der Waals surface area contributed by atoms with Crippen molar-refractivity contribution in [2.75, 3.05) is 6.54 Å². The van der Waals surface area contributed by atoms with Crippen molar-refractivity contribution in [3.05, 3.63) is 59.7 Å². The number of amides is 1. The molecule has 0 aliphatic carbocycles. The molecule has 1 amide bonds. The highest BCUT2D eigenvalue weighted by atomic mass is 19.1. The van der Waals surface area contributed by atoms with Gasteiger partial charge in [-0.25, -0.2) is 4.39 Å². The van der Waals surface area contributed by atoms with Gasteiger partial charge < -0.3 is 10.0 Å². The Kier molecular flexibility index (Phi) is 5.08. The molecule has 0 unspecified atom stereocenters. The fourth-order valence-electron chi connectivity index (χ4n) is 3.24. The average molecular weight is 328 g/mol. The van der Waals surface area contributed by atoms with Gasteiger partial charge in [0.2, 0.25) is 0 Å². The van der Waals surface area contributed by atoms with Crippen molar-refractivity contribution in [2.45, 2.75) is 38.1 Å². The topological polar surface area (TPSA) is 53.4 Å². The first-order valence-corrected chi connectivity index (χ1v) is 8.34. The van der Waals surface area contributed by atoms with Gasteiger partial charge in [0.05, 0.1) is 0 Å². The average Bonchev–Trinajstić information content (AvgIpc) is 2.63. The molecule has 24 heavy (non-hydrogen) atoms. The molecule has 1 aromatic carbocycles. The number of rotatable bonds is 4. The van der Waals surface area contributed by atoms with Gasteiger partial charge in [-0.3, -0.25) is 9.78 Å². The number of aromatic nitrogens is 1. The molecule has 1 fully saturated rings. The molecular weight excluding hydrogens is 307 g/mol. The van der Waals surface area contributed by atoms with Gasteiger partial charge in [-0.1, -0.05) is 6.07 Å². The Hall–Kier alpha value is -2.43. The maximum Gasteiger partial charge on any atom is 0.254 e. The number of phenols is 1. The molecule has 1 N–H and O–H groups in total. The highest BCUT2D eigenvalue weighted by Crippen LogP contribution is 2.25. The summed E-state index contributed by atoms with van der Waals surface area (Å²) in [5.41, 5.74) is 1.36. The zero-order chi connectivity index (χ0) is 16.9. The van der Waals surface area contributed by atoms with Crippen LogP contribution < -0.4 is 0 Å². The molecule has 1 aliphatic rings. The highest BCUT2D eigenvalue weighted by molar-refractivity contribution is 5.94. The number of aryl methyl sites for hydroxylation is 1. The minimum absolute atomic E-state index is 0.143. The number of likely N-dealkylation sites (tertiary alicyclic amines) is 1. The van der Waals surface area contributed by atoms with Crippen molar-refractivity contribution < 1.29 is 14.3 Å². The lowest BCUT2D eigenvalue weighted by atomic mass is 9.96. The summed E-state index contributed by atoms with van der Waals surface area (Å²) in [7, 11) is 0. The van der Waals surface area contributed by atoms with Crippen molar-refractivity contribution in [1.29, 1.82) is 0 Å². The zero-order valence-corrected chi connectivity index (χ0v) is 13.5. The highest BCUT2D eigenvalue weighted by Gasteiger charge is 2.27. The second-order valence-electron chi connectivity index (χ2n) is 6.17. The molecule has 126 valence electrons. The van der Waals surface area contributed by atoms with Crippen LogP contribution in [0.25, 0.3) is 0 Å². The smallest absolute Gasteiger partial charge is 0.254 e. The fourth-order valence-corrected chi connectivity index (χ4v) is 3.24. The number of pyridine rings is 1. The molecule has 0 saturated carbocycles. The van der Waals surface area contributed by atoms with Gasteiger partial charge in [0.1, 0.15) is 0 Å². The molecule has 2 aromatic rings. The Balaban J connectivity index is 1.71. The van der Waals surface area contributed by atoms with E-state index in [1.807, 2.05) is 23.1 Å². The first-order chi connectivity index (χ1) is 11.6. The van der Waals surface area contributed by atoms with Crippen molar-refractivity contribution in [3.63, 3.8) is 0 Å². The maximum atomic E-state index is 13.2. The van der Waals surface area contributed by atoms with E-state index in [4.69, 9.17) is 0 Å². The van der Waals surface area contributed by atoms with Gasteiger partial charge in [0.25, 0.3) is 5.91 Å². The summed E-state index contributed by atoms with van der Waals surface area (Å²) in [5, 5.41) is 9.51. The van der Waals surface area contributed by atoms with E-state index in [2.05, 4.69) is 4.98 Å². The van der Waals surface area contributed by atoms with Crippen LogP contribution in [0.15, 0.2) is 42.6 Å². The third-order valence-electron chi connectivity index (χ3n) is 4.54. The van der Waals surface area contributed by atoms with Crippen LogP contribution >= 0.6 is 0 Å². The predicted molar refractivity (Wildman–Crippen MR) is 89.3 cm³/mol. The Morgan fingerprint density at radius 2 is 2.17 bits per heavy atom. The lowest BCUT2D eigenvalue weighted by Gasteiger charge is -2.36. The van der Waals surface area contributed by atoms with Gasteiger partial charge in [0, 0.05) is 30.0 Å². The molecule has 1 atom stereocenters. The first-order valence-electron chi connectivity index (χ1n) is 8.34. The Labute approximate surface area is 141 Å². The van der Waals surface area contributed by atoms with Gasteiger partial charge in [-0.2, -0.15) is 0 Å². The molecular formula is C19H21FN2O2. The van der Waals surface area contributed by atoms with Crippen LogP contribution in [-0.4, -0.2) is 33.5 Å². The predicted octanol–water partition coefficient (Wildman–Crippen LogP) is 3.55. The van der Waals surface area contributed by atoms with Crippen LogP contribution in [0.4, 0.5) is 4.39 Å². The van der Waals surface area contributed by atoms with Crippen molar-refractivity contribution in [3.8, 4) is 5.75 Å². The summed E-state index contributed by atoms with van der Waals surface area (Å²) in [4.78, 5) is 19.0. The Morgan fingerprint density at radius 3 is 2.92 bits per heavy atom. The van der Waals surface area contributed by atoms with Gasteiger partial charge in [-0.05, 0) is 62.4 Å². The number of halogens is 1. The number of benzene rings is 1. The summed E-state index contributed by atoms with van der Waals surface area (Å²) in [6.07, 6.45) is 6.50. The number of carbonyl (C=O) groups is 1. The normalized spacial score (nSPS) is 17.7. The Bertz CT molecular complexity index is 706. The molecule has 0 bridgehead atoms. The molecule has 1 aromatic heterocycles. The van der Waals surface area contributed by atoms with Crippen molar-refractivity contribution in [2.24, 2.45) is 0 Å². The second kappa shape index (κ2) is 7.43. The third kappa shape index (κ3) is 3.72.